The molecule has 142 valence electrons. The minimum Gasteiger partial charge on any atom is -0.493 e. The second-order valence-corrected chi connectivity index (χ2v) is 6.56. The van der Waals surface area contributed by atoms with Gasteiger partial charge in [-0.2, -0.15) is 0 Å². The van der Waals surface area contributed by atoms with Gasteiger partial charge in [-0.3, -0.25) is 0 Å². The molecule has 0 aliphatic carbocycles. The molecule has 0 spiro atoms. The Kier molecular flexibility index (Phi) is 8.88. The SMILES string of the molecule is CCOCCCNCc1cc(OC)c(OCc2ccccc2F)cc1Br. The van der Waals surface area contributed by atoms with Crippen LogP contribution in [0.15, 0.2) is 40.9 Å². The Morgan fingerprint density at radius 3 is 2.65 bits per heavy atom. The van der Waals surface area contributed by atoms with Crippen molar-refractivity contribution < 1.29 is 18.6 Å². The molecule has 0 aromatic heterocycles. The normalized spacial score (nSPS) is 10.8. The second-order valence-electron chi connectivity index (χ2n) is 5.70. The molecule has 0 saturated heterocycles. The fraction of sp³-hybridized carbons (Fsp3) is 0.400. The summed E-state index contributed by atoms with van der Waals surface area (Å²) in [6, 6.07) is 10.4. The van der Waals surface area contributed by atoms with Crippen molar-refractivity contribution in [2.75, 3.05) is 26.9 Å². The Morgan fingerprint density at radius 1 is 1.12 bits per heavy atom. The first-order chi connectivity index (χ1) is 12.7. The summed E-state index contributed by atoms with van der Waals surface area (Å²) in [7, 11) is 1.60. The van der Waals surface area contributed by atoms with Crippen molar-refractivity contribution in [3.05, 3.63) is 57.8 Å². The van der Waals surface area contributed by atoms with E-state index in [9.17, 15) is 4.39 Å². The summed E-state index contributed by atoms with van der Waals surface area (Å²) >= 11 is 3.57. The van der Waals surface area contributed by atoms with Gasteiger partial charge in [-0.15, -0.1) is 0 Å². The summed E-state index contributed by atoms with van der Waals surface area (Å²) in [6.45, 7) is 5.22. The van der Waals surface area contributed by atoms with Gasteiger partial charge in [0.25, 0.3) is 0 Å². The van der Waals surface area contributed by atoms with Crippen LogP contribution in [0.5, 0.6) is 11.5 Å². The van der Waals surface area contributed by atoms with E-state index in [1.54, 1.807) is 25.3 Å². The third kappa shape index (κ3) is 6.27. The van der Waals surface area contributed by atoms with E-state index in [1.165, 1.54) is 6.07 Å². The van der Waals surface area contributed by atoms with Crippen molar-refractivity contribution in [2.45, 2.75) is 26.5 Å². The summed E-state index contributed by atoms with van der Waals surface area (Å²) in [6.07, 6.45) is 0.965. The van der Waals surface area contributed by atoms with E-state index in [2.05, 4.69) is 21.2 Å². The van der Waals surface area contributed by atoms with Gasteiger partial charge in [0.2, 0.25) is 0 Å². The molecule has 1 N–H and O–H groups in total. The van der Waals surface area contributed by atoms with Gasteiger partial charge in [0.15, 0.2) is 11.5 Å². The molecule has 0 unspecified atom stereocenters. The van der Waals surface area contributed by atoms with Gasteiger partial charge in [-0.1, -0.05) is 34.1 Å². The fourth-order valence-electron chi connectivity index (χ4n) is 2.42. The Labute approximate surface area is 162 Å². The van der Waals surface area contributed by atoms with Crippen LogP contribution in [0.4, 0.5) is 4.39 Å². The minimum absolute atomic E-state index is 0.143. The topological polar surface area (TPSA) is 39.7 Å². The predicted molar refractivity (Wildman–Crippen MR) is 104 cm³/mol. The van der Waals surface area contributed by atoms with Crippen LogP contribution < -0.4 is 14.8 Å². The smallest absolute Gasteiger partial charge is 0.162 e. The Bertz CT molecular complexity index is 697. The molecule has 0 atom stereocenters. The third-order valence-electron chi connectivity index (χ3n) is 3.84. The van der Waals surface area contributed by atoms with Gasteiger partial charge >= 0.3 is 0 Å². The number of methoxy groups -OCH3 is 1. The maximum absolute atomic E-state index is 13.7. The highest BCUT2D eigenvalue weighted by Crippen LogP contribution is 2.34. The van der Waals surface area contributed by atoms with Crippen LogP contribution in [-0.4, -0.2) is 26.9 Å². The van der Waals surface area contributed by atoms with Crippen molar-refractivity contribution in [3.8, 4) is 11.5 Å². The molecular formula is C20H25BrFNO3. The number of hydrogen-bond acceptors (Lipinski definition) is 4. The van der Waals surface area contributed by atoms with Crippen molar-refractivity contribution >= 4 is 15.9 Å². The number of ether oxygens (including phenoxy) is 3. The zero-order valence-electron chi connectivity index (χ0n) is 15.2. The first kappa shape index (κ1) is 20.7. The van der Waals surface area contributed by atoms with E-state index in [1.807, 2.05) is 19.1 Å². The standard InChI is InChI=1S/C20H25BrFNO3/c1-3-25-10-6-9-23-13-16-11-19(24-2)20(12-17(16)21)26-14-15-7-4-5-8-18(15)22/h4-5,7-8,11-12,23H,3,6,9-10,13-14H2,1-2H3. The predicted octanol–water partition coefficient (Wildman–Crippen LogP) is 4.69. The van der Waals surface area contributed by atoms with Gasteiger partial charge in [0, 0.05) is 29.8 Å². The van der Waals surface area contributed by atoms with Crippen molar-refractivity contribution in [1.82, 2.24) is 5.32 Å². The lowest BCUT2D eigenvalue weighted by molar-refractivity contribution is 0.144. The lowest BCUT2D eigenvalue weighted by Gasteiger charge is -2.15. The number of hydrogen-bond donors (Lipinski definition) is 1. The summed E-state index contributed by atoms with van der Waals surface area (Å²) in [5.41, 5.74) is 1.57. The first-order valence-electron chi connectivity index (χ1n) is 8.66. The van der Waals surface area contributed by atoms with Crippen molar-refractivity contribution in [3.63, 3.8) is 0 Å². The van der Waals surface area contributed by atoms with Crippen LogP contribution in [0.25, 0.3) is 0 Å². The average Bonchev–Trinajstić information content (AvgIpc) is 2.65. The maximum atomic E-state index is 13.7. The molecule has 0 saturated carbocycles. The van der Waals surface area contributed by atoms with Gasteiger partial charge < -0.3 is 19.5 Å². The van der Waals surface area contributed by atoms with Gasteiger partial charge in [0.05, 0.1) is 7.11 Å². The van der Waals surface area contributed by atoms with Gasteiger partial charge in [-0.25, -0.2) is 4.39 Å². The van der Waals surface area contributed by atoms with Gasteiger partial charge in [-0.05, 0) is 43.7 Å². The molecule has 2 aromatic carbocycles. The fourth-order valence-corrected chi connectivity index (χ4v) is 2.89. The van der Waals surface area contributed by atoms with Crippen LogP contribution in [-0.2, 0) is 17.9 Å². The quantitative estimate of drug-likeness (QED) is 0.530. The van der Waals surface area contributed by atoms with Crippen LogP contribution in [0.3, 0.4) is 0 Å². The zero-order chi connectivity index (χ0) is 18.8. The van der Waals surface area contributed by atoms with E-state index < -0.39 is 0 Å². The highest BCUT2D eigenvalue weighted by Gasteiger charge is 2.11. The molecule has 0 heterocycles. The highest BCUT2D eigenvalue weighted by molar-refractivity contribution is 9.10. The van der Waals surface area contributed by atoms with Crippen LogP contribution in [0, 0.1) is 5.82 Å². The Morgan fingerprint density at radius 2 is 1.92 bits per heavy atom. The van der Waals surface area contributed by atoms with E-state index in [4.69, 9.17) is 14.2 Å². The van der Waals surface area contributed by atoms with Crippen LogP contribution in [0.1, 0.15) is 24.5 Å². The Balaban J connectivity index is 1.96. The van der Waals surface area contributed by atoms with E-state index >= 15 is 0 Å². The second kappa shape index (κ2) is 11.2. The number of nitrogens with one attached hydrogen (secondary N) is 1. The molecule has 0 aliphatic rings. The van der Waals surface area contributed by atoms with E-state index in [-0.39, 0.29) is 12.4 Å². The zero-order valence-corrected chi connectivity index (χ0v) is 16.8. The largest absolute Gasteiger partial charge is 0.493 e. The number of rotatable bonds is 11. The average molecular weight is 426 g/mol. The highest BCUT2D eigenvalue weighted by atomic mass is 79.9. The summed E-state index contributed by atoms with van der Waals surface area (Å²) in [5.74, 6) is 0.914. The molecule has 26 heavy (non-hydrogen) atoms. The molecule has 2 rings (SSSR count). The molecule has 2 aromatic rings. The van der Waals surface area contributed by atoms with E-state index in [0.29, 0.717) is 23.6 Å². The molecule has 0 bridgehead atoms. The summed E-state index contributed by atoms with van der Waals surface area (Å²) in [4.78, 5) is 0. The van der Waals surface area contributed by atoms with E-state index in [0.717, 1.165) is 36.2 Å². The van der Waals surface area contributed by atoms with Crippen molar-refractivity contribution in [1.29, 1.82) is 0 Å². The van der Waals surface area contributed by atoms with Crippen LogP contribution >= 0.6 is 15.9 Å². The minimum atomic E-state index is -0.279. The third-order valence-corrected chi connectivity index (χ3v) is 4.57. The maximum Gasteiger partial charge on any atom is 0.162 e. The molecular weight excluding hydrogens is 401 g/mol. The molecule has 0 fully saturated rings. The first-order valence-corrected chi connectivity index (χ1v) is 9.46. The van der Waals surface area contributed by atoms with Crippen LogP contribution in [0.2, 0.25) is 0 Å². The number of halogens is 2. The molecule has 6 heteroatoms. The molecule has 4 nitrogen and oxygen atoms in total. The number of benzene rings is 2. The molecule has 0 amide bonds. The molecule has 0 radical (unpaired) electrons. The molecule has 0 aliphatic heterocycles. The Hall–Kier alpha value is -1.63. The summed E-state index contributed by atoms with van der Waals surface area (Å²) in [5, 5.41) is 3.38. The monoisotopic (exact) mass is 425 g/mol. The van der Waals surface area contributed by atoms with Gasteiger partial charge in [0.1, 0.15) is 12.4 Å². The lowest BCUT2D eigenvalue weighted by atomic mass is 10.2. The lowest BCUT2D eigenvalue weighted by Crippen LogP contribution is -2.16. The summed E-state index contributed by atoms with van der Waals surface area (Å²) < 4.78 is 31.2. The van der Waals surface area contributed by atoms with Crippen molar-refractivity contribution in [2.24, 2.45) is 0 Å².